The molecule has 3 nitrogen and oxygen atoms in total. The average molecular weight is 244 g/mol. The van der Waals surface area contributed by atoms with Crippen LogP contribution in [0.2, 0.25) is 0 Å². The lowest BCUT2D eigenvalue weighted by Gasteiger charge is -2.34. The predicted molar refractivity (Wildman–Crippen MR) is 71.4 cm³/mol. The summed E-state index contributed by atoms with van der Waals surface area (Å²) in [5.41, 5.74) is 2.73. The van der Waals surface area contributed by atoms with Crippen LogP contribution >= 0.6 is 0 Å². The highest BCUT2D eigenvalue weighted by molar-refractivity contribution is 5.80. The Labute approximate surface area is 108 Å². The molecule has 0 bridgehead atoms. The van der Waals surface area contributed by atoms with Gasteiger partial charge in [0, 0.05) is 32.1 Å². The molecule has 0 N–H and O–H groups in total. The standard InChI is InChI=1S/C15H20N2O/c1-16-6-8-17(9-7-16)15(18)14-10-12-4-2-3-5-13(12)11-14/h2-5,14H,6-11H2,1H3. The first kappa shape index (κ1) is 11.7. The number of benzene rings is 1. The maximum atomic E-state index is 12.5. The van der Waals surface area contributed by atoms with Crippen LogP contribution in [-0.4, -0.2) is 48.9 Å². The maximum absolute atomic E-state index is 12.5. The number of carbonyl (C=O) groups excluding carboxylic acids is 1. The van der Waals surface area contributed by atoms with Crippen molar-refractivity contribution in [2.24, 2.45) is 5.92 Å². The monoisotopic (exact) mass is 244 g/mol. The second-order valence-corrected chi connectivity index (χ2v) is 5.50. The Morgan fingerprint density at radius 3 is 2.17 bits per heavy atom. The van der Waals surface area contributed by atoms with Gasteiger partial charge in [-0.05, 0) is 31.0 Å². The van der Waals surface area contributed by atoms with Crippen LogP contribution in [0.25, 0.3) is 0 Å². The molecule has 18 heavy (non-hydrogen) atoms. The number of hydrogen-bond acceptors (Lipinski definition) is 2. The molecule has 1 aromatic rings. The number of piperazine rings is 1. The summed E-state index contributed by atoms with van der Waals surface area (Å²) in [5.74, 6) is 0.546. The van der Waals surface area contributed by atoms with Gasteiger partial charge in [-0.3, -0.25) is 4.79 Å². The van der Waals surface area contributed by atoms with Gasteiger partial charge in [0.05, 0.1) is 0 Å². The highest BCUT2D eigenvalue weighted by Crippen LogP contribution is 2.28. The Balaban J connectivity index is 1.65. The molecule has 0 radical (unpaired) electrons. The number of carbonyl (C=O) groups is 1. The van der Waals surface area contributed by atoms with Gasteiger partial charge >= 0.3 is 0 Å². The highest BCUT2D eigenvalue weighted by atomic mass is 16.2. The molecule has 1 amide bonds. The van der Waals surface area contributed by atoms with Crippen LogP contribution in [0.1, 0.15) is 11.1 Å². The van der Waals surface area contributed by atoms with Crippen LogP contribution in [0.15, 0.2) is 24.3 Å². The number of nitrogens with zero attached hydrogens (tertiary/aromatic N) is 2. The zero-order valence-corrected chi connectivity index (χ0v) is 10.9. The van der Waals surface area contributed by atoms with E-state index < -0.39 is 0 Å². The third kappa shape index (κ3) is 2.15. The summed E-state index contributed by atoms with van der Waals surface area (Å²) in [6, 6.07) is 8.46. The van der Waals surface area contributed by atoms with E-state index in [0.717, 1.165) is 39.0 Å². The molecule has 1 aliphatic heterocycles. The summed E-state index contributed by atoms with van der Waals surface area (Å²) in [6.07, 6.45) is 1.86. The van der Waals surface area contributed by atoms with E-state index in [4.69, 9.17) is 0 Å². The topological polar surface area (TPSA) is 23.6 Å². The normalized spacial score (nSPS) is 21.1. The lowest BCUT2D eigenvalue weighted by Crippen LogP contribution is -2.49. The predicted octanol–water partition coefficient (Wildman–Crippen LogP) is 1.18. The fourth-order valence-electron chi connectivity index (χ4n) is 3.02. The minimum absolute atomic E-state index is 0.186. The van der Waals surface area contributed by atoms with Crippen molar-refractivity contribution in [1.82, 2.24) is 9.80 Å². The lowest BCUT2D eigenvalue weighted by atomic mass is 10.0. The van der Waals surface area contributed by atoms with Gasteiger partial charge in [0.1, 0.15) is 0 Å². The Bertz CT molecular complexity index is 425. The van der Waals surface area contributed by atoms with Crippen molar-refractivity contribution in [2.45, 2.75) is 12.8 Å². The highest BCUT2D eigenvalue weighted by Gasteiger charge is 2.31. The van der Waals surface area contributed by atoms with Gasteiger partial charge in [-0.2, -0.15) is 0 Å². The third-order valence-electron chi connectivity index (χ3n) is 4.22. The molecule has 1 fully saturated rings. The summed E-state index contributed by atoms with van der Waals surface area (Å²) >= 11 is 0. The van der Waals surface area contributed by atoms with Crippen LogP contribution in [-0.2, 0) is 17.6 Å². The molecular weight excluding hydrogens is 224 g/mol. The third-order valence-corrected chi connectivity index (χ3v) is 4.22. The average Bonchev–Trinajstić information content (AvgIpc) is 2.82. The summed E-state index contributed by atoms with van der Waals surface area (Å²) in [4.78, 5) is 16.8. The first-order valence-corrected chi connectivity index (χ1v) is 6.78. The number of hydrogen-bond donors (Lipinski definition) is 0. The van der Waals surface area contributed by atoms with Crippen molar-refractivity contribution in [3.05, 3.63) is 35.4 Å². The van der Waals surface area contributed by atoms with Gasteiger partial charge < -0.3 is 9.80 Å². The SMILES string of the molecule is CN1CCN(C(=O)C2Cc3ccccc3C2)CC1. The summed E-state index contributed by atoms with van der Waals surface area (Å²) in [6.45, 7) is 3.79. The second kappa shape index (κ2) is 4.73. The van der Waals surface area contributed by atoms with E-state index >= 15 is 0 Å². The van der Waals surface area contributed by atoms with Gasteiger partial charge in [-0.25, -0.2) is 0 Å². The molecule has 0 unspecified atom stereocenters. The minimum atomic E-state index is 0.186. The molecule has 0 spiro atoms. The lowest BCUT2D eigenvalue weighted by molar-refractivity contribution is -0.136. The molecule has 0 aromatic heterocycles. The number of fused-ring (bicyclic) bond motifs is 1. The van der Waals surface area contributed by atoms with E-state index in [9.17, 15) is 4.79 Å². The molecule has 3 rings (SSSR count). The van der Waals surface area contributed by atoms with E-state index in [1.54, 1.807) is 0 Å². The molecule has 0 atom stereocenters. The van der Waals surface area contributed by atoms with Gasteiger partial charge in [-0.1, -0.05) is 24.3 Å². The van der Waals surface area contributed by atoms with E-state index in [-0.39, 0.29) is 5.92 Å². The molecule has 1 aromatic carbocycles. The van der Waals surface area contributed by atoms with Gasteiger partial charge in [-0.15, -0.1) is 0 Å². The summed E-state index contributed by atoms with van der Waals surface area (Å²) < 4.78 is 0. The molecule has 0 saturated carbocycles. The van der Waals surface area contributed by atoms with E-state index in [1.807, 2.05) is 0 Å². The maximum Gasteiger partial charge on any atom is 0.226 e. The van der Waals surface area contributed by atoms with Crippen molar-refractivity contribution in [2.75, 3.05) is 33.2 Å². The largest absolute Gasteiger partial charge is 0.340 e. The summed E-state index contributed by atoms with van der Waals surface area (Å²) in [7, 11) is 2.12. The molecule has 1 aliphatic carbocycles. The van der Waals surface area contributed by atoms with Crippen LogP contribution < -0.4 is 0 Å². The first-order chi connectivity index (χ1) is 8.74. The van der Waals surface area contributed by atoms with Crippen molar-refractivity contribution < 1.29 is 4.79 Å². The van der Waals surface area contributed by atoms with Crippen LogP contribution in [0, 0.1) is 5.92 Å². The number of rotatable bonds is 1. The Hall–Kier alpha value is -1.35. The molecular formula is C15H20N2O. The fourth-order valence-corrected chi connectivity index (χ4v) is 3.02. The van der Waals surface area contributed by atoms with E-state index in [1.165, 1.54) is 11.1 Å². The van der Waals surface area contributed by atoms with E-state index in [0.29, 0.717) is 5.91 Å². The Morgan fingerprint density at radius 2 is 1.61 bits per heavy atom. The van der Waals surface area contributed by atoms with E-state index in [2.05, 4.69) is 41.1 Å². The molecule has 3 heteroatoms. The number of likely N-dealkylation sites (N-methyl/N-ethyl adjacent to an activating group) is 1. The van der Waals surface area contributed by atoms with Crippen LogP contribution in [0.4, 0.5) is 0 Å². The van der Waals surface area contributed by atoms with Crippen molar-refractivity contribution in [1.29, 1.82) is 0 Å². The van der Waals surface area contributed by atoms with Gasteiger partial charge in [0.15, 0.2) is 0 Å². The quantitative estimate of drug-likeness (QED) is 0.740. The molecule has 96 valence electrons. The van der Waals surface area contributed by atoms with Crippen LogP contribution in [0.3, 0.4) is 0 Å². The number of amides is 1. The summed E-state index contributed by atoms with van der Waals surface area (Å²) in [5, 5.41) is 0. The Morgan fingerprint density at radius 1 is 1.06 bits per heavy atom. The smallest absolute Gasteiger partial charge is 0.226 e. The van der Waals surface area contributed by atoms with Gasteiger partial charge in [0.25, 0.3) is 0 Å². The van der Waals surface area contributed by atoms with Crippen molar-refractivity contribution in [3.8, 4) is 0 Å². The zero-order valence-electron chi connectivity index (χ0n) is 10.9. The molecule has 1 saturated heterocycles. The minimum Gasteiger partial charge on any atom is -0.340 e. The zero-order chi connectivity index (χ0) is 12.5. The van der Waals surface area contributed by atoms with Crippen molar-refractivity contribution in [3.63, 3.8) is 0 Å². The molecule has 1 heterocycles. The van der Waals surface area contributed by atoms with Crippen molar-refractivity contribution >= 4 is 5.91 Å². The first-order valence-electron chi connectivity index (χ1n) is 6.78. The molecule has 2 aliphatic rings. The van der Waals surface area contributed by atoms with Crippen LogP contribution in [0.5, 0.6) is 0 Å². The fraction of sp³-hybridized carbons (Fsp3) is 0.533. The second-order valence-electron chi connectivity index (χ2n) is 5.50. The Kier molecular flexibility index (Phi) is 3.08. The van der Waals surface area contributed by atoms with Gasteiger partial charge in [0.2, 0.25) is 5.91 Å².